The van der Waals surface area contributed by atoms with Crippen molar-refractivity contribution in [3.05, 3.63) is 11.3 Å². The molecule has 1 N–H and O–H groups in total. The Balaban J connectivity index is 3.03. The standard InChI is InChI=1S/C13H23N3O/c1-10(2)13(12(9-14)11(3)17-4)16-7-5-15-6-8-16/h10-11,15H,5-8H2,1-4H3/b13-12+. The van der Waals surface area contributed by atoms with Gasteiger partial charge in [-0.3, -0.25) is 0 Å². The Morgan fingerprint density at radius 1 is 1.29 bits per heavy atom. The molecule has 4 heteroatoms. The summed E-state index contributed by atoms with van der Waals surface area (Å²) in [5, 5.41) is 12.7. The van der Waals surface area contributed by atoms with Crippen molar-refractivity contribution >= 4 is 0 Å². The lowest BCUT2D eigenvalue weighted by atomic mass is 9.99. The Morgan fingerprint density at radius 2 is 1.88 bits per heavy atom. The van der Waals surface area contributed by atoms with Crippen LogP contribution in [0.15, 0.2) is 11.3 Å². The zero-order valence-corrected chi connectivity index (χ0v) is 11.3. The van der Waals surface area contributed by atoms with Gasteiger partial charge >= 0.3 is 0 Å². The van der Waals surface area contributed by atoms with Crippen LogP contribution >= 0.6 is 0 Å². The summed E-state index contributed by atoms with van der Waals surface area (Å²) in [5.74, 6) is 0.348. The van der Waals surface area contributed by atoms with Crippen LogP contribution in [0.3, 0.4) is 0 Å². The van der Waals surface area contributed by atoms with Crippen LogP contribution in [0.5, 0.6) is 0 Å². The first-order valence-corrected chi connectivity index (χ1v) is 6.24. The molecule has 0 aromatic rings. The van der Waals surface area contributed by atoms with Gasteiger partial charge in [0.15, 0.2) is 0 Å². The molecule has 0 bridgehead atoms. The van der Waals surface area contributed by atoms with E-state index < -0.39 is 0 Å². The van der Waals surface area contributed by atoms with Gasteiger partial charge in [-0.1, -0.05) is 13.8 Å². The molecule has 0 aliphatic carbocycles. The second-order valence-corrected chi connectivity index (χ2v) is 4.68. The monoisotopic (exact) mass is 237 g/mol. The van der Waals surface area contributed by atoms with Gasteiger partial charge in [0, 0.05) is 39.0 Å². The number of nitrogens with one attached hydrogen (secondary N) is 1. The van der Waals surface area contributed by atoms with Gasteiger partial charge in [-0.25, -0.2) is 0 Å². The van der Waals surface area contributed by atoms with Gasteiger partial charge in [-0.15, -0.1) is 0 Å². The van der Waals surface area contributed by atoms with Gasteiger partial charge < -0.3 is 15.0 Å². The average molecular weight is 237 g/mol. The third kappa shape index (κ3) is 3.45. The molecule has 1 atom stereocenters. The number of hydrogen-bond acceptors (Lipinski definition) is 4. The number of nitriles is 1. The molecule has 1 aliphatic rings. The molecule has 0 spiro atoms. The van der Waals surface area contributed by atoms with Crippen molar-refractivity contribution in [3.8, 4) is 6.07 Å². The Bertz CT molecular complexity index is 311. The summed E-state index contributed by atoms with van der Waals surface area (Å²) < 4.78 is 5.30. The molecule has 1 heterocycles. The second kappa shape index (κ2) is 6.63. The Labute approximate surface area is 104 Å². The lowest BCUT2D eigenvalue weighted by molar-refractivity contribution is 0.144. The molecule has 0 saturated carbocycles. The molecule has 1 aliphatic heterocycles. The van der Waals surface area contributed by atoms with Crippen molar-refractivity contribution < 1.29 is 4.74 Å². The molecular weight excluding hydrogens is 214 g/mol. The first-order chi connectivity index (χ1) is 8.11. The smallest absolute Gasteiger partial charge is 0.0993 e. The van der Waals surface area contributed by atoms with Gasteiger partial charge in [0.05, 0.1) is 17.7 Å². The predicted octanol–water partition coefficient (Wildman–Crippen LogP) is 1.36. The summed E-state index contributed by atoms with van der Waals surface area (Å²) in [7, 11) is 1.65. The van der Waals surface area contributed by atoms with Crippen molar-refractivity contribution in [2.24, 2.45) is 5.92 Å². The fourth-order valence-electron chi connectivity index (χ4n) is 2.23. The van der Waals surface area contributed by atoms with Crippen LogP contribution in [-0.4, -0.2) is 44.3 Å². The number of methoxy groups -OCH3 is 1. The molecule has 0 aromatic carbocycles. The minimum atomic E-state index is -0.132. The van der Waals surface area contributed by atoms with Crippen molar-refractivity contribution in [1.82, 2.24) is 10.2 Å². The van der Waals surface area contributed by atoms with Gasteiger partial charge in [-0.05, 0) is 12.8 Å². The highest BCUT2D eigenvalue weighted by Crippen LogP contribution is 2.23. The van der Waals surface area contributed by atoms with E-state index in [1.165, 1.54) is 0 Å². The minimum absolute atomic E-state index is 0.132. The lowest BCUT2D eigenvalue weighted by Crippen LogP contribution is -2.44. The summed E-state index contributed by atoms with van der Waals surface area (Å²) in [6, 6.07) is 2.32. The number of rotatable bonds is 4. The highest BCUT2D eigenvalue weighted by molar-refractivity contribution is 5.32. The fourth-order valence-corrected chi connectivity index (χ4v) is 2.23. The van der Waals surface area contributed by atoms with Crippen molar-refractivity contribution in [2.45, 2.75) is 26.9 Å². The molecular formula is C13H23N3O. The van der Waals surface area contributed by atoms with Crippen LogP contribution in [0, 0.1) is 17.2 Å². The molecule has 1 fully saturated rings. The zero-order chi connectivity index (χ0) is 12.8. The van der Waals surface area contributed by atoms with Crippen molar-refractivity contribution in [3.63, 3.8) is 0 Å². The summed E-state index contributed by atoms with van der Waals surface area (Å²) in [5.41, 5.74) is 1.91. The molecule has 0 radical (unpaired) electrons. The SMILES string of the molecule is COC(C)/C(C#N)=C(\C(C)C)N1CCNCC1. The summed E-state index contributed by atoms with van der Waals surface area (Å²) >= 11 is 0. The molecule has 0 amide bonds. The molecule has 1 saturated heterocycles. The molecule has 96 valence electrons. The Morgan fingerprint density at radius 3 is 2.29 bits per heavy atom. The predicted molar refractivity (Wildman–Crippen MR) is 68.4 cm³/mol. The summed E-state index contributed by atoms with van der Waals surface area (Å²) in [6.45, 7) is 10.1. The molecule has 4 nitrogen and oxygen atoms in total. The number of hydrogen-bond donors (Lipinski definition) is 1. The van der Waals surface area contributed by atoms with Crippen LogP contribution < -0.4 is 5.32 Å². The normalized spacial score (nSPS) is 19.9. The fraction of sp³-hybridized carbons (Fsp3) is 0.769. The molecule has 0 aromatic heterocycles. The summed E-state index contributed by atoms with van der Waals surface area (Å²) in [6.07, 6.45) is -0.132. The van der Waals surface area contributed by atoms with Gasteiger partial charge in [0.2, 0.25) is 0 Å². The first-order valence-electron chi connectivity index (χ1n) is 6.24. The van der Waals surface area contributed by atoms with E-state index in [0.29, 0.717) is 5.92 Å². The van der Waals surface area contributed by atoms with Crippen LogP contribution in [0.25, 0.3) is 0 Å². The molecule has 1 unspecified atom stereocenters. The lowest BCUT2D eigenvalue weighted by Gasteiger charge is -2.35. The van der Waals surface area contributed by atoms with Crippen LogP contribution in [-0.2, 0) is 4.74 Å². The quantitative estimate of drug-likeness (QED) is 0.750. The van der Waals surface area contributed by atoms with Gasteiger partial charge in [-0.2, -0.15) is 5.26 Å². The third-order valence-electron chi connectivity index (χ3n) is 3.16. The highest BCUT2D eigenvalue weighted by Gasteiger charge is 2.22. The van der Waals surface area contributed by atoms with Gasteiger partial charge in [0.25, 0.3) is 0 Å². The number of ether oxygens (including phenoxy) is 1. The topological polar surface area (TPSA) is 48.3 Å². The van der Waals surface area contributed by atoms with E-state index in [9.17, 15) is 5.26 Å². The van der Waals surface area contributed by atoms with E-state index in [0.717, 1.165) is 37.4 Å². The van der Waals surface area contributed by atoms with Crippen molar-refractivity contribution in [2.75, 3.05) is 33.3 Å². The van der Waals surface area contributed by atoms with E-state index in [1.807, 2.05) is 6.92 Å². The van der Waals surface area contributed by atoms with E-state index >= 15 is 0 Å². The molecule has 1 rings (SSSR count). The zero-order valence-electron chi connectivity index (χ0n) is 11.3. The van der Waals surface area contributed by atoms with Gasteiger partial charge in [0.1, 0.15) is 0 Å². The average Bonchev–Trinajstić information content (AvgIpc) is 2.35. The van der Waals surface area contributed by atoms with E-state index in [1.54, 1.807) is 7.11 Å². The maximum Gasteiger partial charge on any atom is 0.0993 e. The van der Waals surface area contributed by atoms with Crippen LogP contribution in [0.4, 0.5) is 0 Å². The van der Waals surface area contributed by atoms with Crippen LogP contribution in [0.2, 0.25) is 0 Å². The van der Waals surface area contributed by atoms with E-state index in [-0.39, 0.29) is 6.10 Å². The summed E-state index contributed by atoms with van der Waals surface area (Å²) in [4.78, 5) is 2.31. The maximum absolute atomic E-state index is 9.35. The Hall–Kier alpha value is -1.05. The number of allylic oxidation sites excluding steroid dienone is 1. The second-order valence-electron chi connectivity index (χ2n) is 4.68. The first kappa shape index (κ1) is 14.0. The van der Waals surface area contributed by atoms with E-state index in [4.69, 9.17) is 4.74 Å². The number of piperazine rings is 1. The third-order valence-corrected chi connectivity index (χ3v) is 3.16. The Kier molecular flexibility index (Phi) is 5.46. The van der Waals surface area contributed by atoms with Crippen molar-refractivity contribution in [1.29, 1.82) is 5.26 Å². The maximum atomic E-state index is 9.35. The van der Waals surface area contributed by atoms with E-state index in [2.05, 4.69) is 30.1 Å². The minimum Gasteiger partial charge on any atom is -0.376 e. The van der Waals surface area contributed by atoms with Crippen LogP contribution in [0.1, 0.15) is 20.8 Å². The highest BCUT2D eigenvalue weighted by atomic mass is 16.5. The molecule has 17 heavy (non-hydrogen) atoms. The largest absolute Gasteiger partial charge is 0.376 e. The number of nitrogens with zero attached hydrogens (tertiary/aromatic N) is 2.